The molecule has 0 radical (unpaired) electrons. The number of amides is 1. The van der Waals surface area contributed by atoms with E-state index >= 15 is 0 Å². The smallest absolute Gasteiger partial charge is 0.269 e. The zero-order valence-corrected chi connectivity index (χ0v) is 10.8. The van der Waals surface area contributed by atoms with Crippen LogP contribution in [0.5, 0.6) is 0 Å². The van der Waals surface area contributed by atoms with Crippen molar-refractivity contribution < 1.29 is 9.72 Å². The molecular formula is C13H17N3O3. The first kappa shape index (κ1) is 13.5. The Kier molecular flexibility index (Phi) is 4.11. The zero-order chi connectivity index (χ0) is 13.8. The van der Waals surface area contributed by atoms with Gasteiger partial charge < -0.3 is 10.6 Å². The van der Waals surface area contributed by atoms with Crippen LogP contribution in [0.3, 0.4) is 0 Å². The third kappa shape index (κ3) is 4.03. The van der Waals surface area contributed by atoms with Crippen LogP contribution in [0.25, 0.3) is 0 Å². The molecule has 1 amide bonds. The quantitative estimate of drug-likeness (QED) is 0.599. The Morgan fingerprint density at radius 3 is 2.89 bits per heavy atom. The number of hydrogen-bond donors (Lipinski definition) is 2. The average molecular weight is 263 g/mol. The molecule has 1 unspecified atom stereocenters. The van der Waals surface area contributed by atoms with E-state index in [0.717, 1.165) is 18.4 Å². The van der Waals surface area contributed by atoms with Crippen molar-refractivity contribution in [2.45, 2.75) is 38.4 Å². The normalized spacial score (nSPS) is 15.8. The molecule has 102 valence electrons. The average Bonchev–Trinajstić information content (AvgIpc) is 3.20. The number of nitrogens with one attached hydrogen (secondary N) is 2. The van der Waals surface area contributed by atoms with Gasteiger partial charge in [0.25, 0.3) is 5.69 Å². The van der Waals surface area contributed by atoms with Crippen molar-refractivity contribution in [3.8, 4) is 0 Å². The number of hydrogen-bond acceptors (Lipinski definition) is 4. The summed E-state index contributed by atoms with van der Waals surface area (Å²) in [5, 5.41) is 16.6. The lowest BCUT2D eigenvalue weighted by atomic mass is 10.2. The zero-order valence-electron chi connectivity index (χ0n) is 10.8. The highest BCUT2D eigenvalue weighted by Crippen LogP contribution is 2.18. The highest BCUT2D eigenvalue weighted by atomic mass is 16.6. The van der Waals surface area contributed by atoms with E-state index in [1.165, 1.54) is 12.1 Å². The van der Waals surface area contributed by atoms with E-state index in [2.05, 4.69) is 10.6 Å². The fraction of sp³-hybridized carbons (Fsp3) is 0.462. The molecule has 1 aromatic rings. The minimum atomic E-state index is -0.424. The monoisotopic (exact) mass is 263 g/mol. The summed E-state index contributed by atoms with van der Waals surface area (Å²) in [7, 11) is 0. The van der Waals surface area contributed by atoms with Crippen LogP contribution in [0, 0.1) is 10.1 Å². The molecule has 2 rings (SSSR count). The molecule has 1 fully saturated rings. The first-order valence-electron chi connectivity index (χ1n) is 6.33. The lowest BCUT2D eigenvalue weighted by Gasteiger charge is -2.13. The van der Waals surface area contributed by atoms with Gasteiger partial charge in [-0.1, -0.05) is 12.1 Å². The lowest BCUT2D eigenvalue weighted by Crippen LogP contribution is -2.42. The van der Waals surface area contributed by atoms with Gasteiger partial charge in [-0.25, -0.2) is 0 Å². The fourth-order valence-electron chi connectivity index (χ4n) is 1.70. The topological polar surface area (TPSA) is 84.3 Å². The maximum absolute atomic E-state index is 11.7. The maximum atomic E-state index is 11.7. The van der Waals surface area contributed by atoms with Crippen molar-refractivity contribution >= 4 is 11.6 Å². The summed E-state index contributed by atoms with van der Waals surface area (Å²) in [5.41, 5.74) is 0.856. The van der Waals surface area contributed by atoms with Crippen molar-refractivity contribution in [2.24, 2.45) is 0 Å². The number of nitrogens with zero attached hydrogens (tertiary/aromatic N) is 1. The minimum absolute atomic E-state index is 0.0204. The molecule has 19 heavy (non-hydrogen) atoms. The Balaban J connectivity index is 1.85. The van der Waals surface area contributed by atoms with Gasteiger partial charge in [-0.15, -0.1) is 0 Å². The van der Waals surface area contributed by atoms with Gasteiger partial charge in [0.2, 0.25) is 5.91 Å². The third-order valence-electron chi connectivity index (χ3n) is 3.05. The number of carbonyl (C=O) groups excluding carboxylic acids is 1. The number of non-ortho nitro benzene ring substituents is 1. The number of benzene rings is 1. The minimum Gasteiger partial charge on any atom is -0.352 e. The van der Waals surface area contributed by atoms with Gasteiger partial charge in [0.15, 0.2) is 0 Å². The van der Waals surface area contributed by atoms with Gasteiger partial charge >= 0.3 is 0 Å². The highest BCUT2D eigenvalue weighted by molar-refractivity contribution is 5.81. The molecule has 0 heterocycles. The molecule has 6 heteroatoms. The van der Waals surface area contributed by atoms with Crippen LogP contribution < -0.4 is 10.6 Å². The molecule has 1 aliphatic rings. The molecule has 1 aliphatic carbocycles. The molecule has 1 atom stereocenters. The Hall–Kier alpha value is -1.95. The Morgan fingerprint density at radius 2 is 2.26 bits per heavy atom. The van der Waals surface area contributed by atoms with Gasteiger partial charge in [0, 0.05) is 24.7 Å². The van der Waals surface area contributed by atoms with Gasteiger partial charge in [0.1, 0.15) is 0 Å². The van der Waals surface area contributed by atoms with E-state index in [4.69, 9.17) is 0 Å². The largest absolute Gasteiger partial charge is 0.352 e. The van der Waals surface area contributed by atoms with Crippen molar-refractivity contribution in [3.63, 3.8) is 0 Å². The molecule has 2 N–H and O–H groups in total. The van der Waals surface area contributed by atoms with Crippen LogP contribution in [-0.2, 0) is 11.3 Å². The Bertz CT molecular complexity index is 486. The first-order valence-corrected chi connectivity index (χ1v) is 6.33. The molecule has 0 aromatic heterocycles. The summed E-state index contributed by atoms with van der Waals surface area (Å²) in [6.07, 6.45) is 2.12. The number of nitro groups is 1. The van der Waals surface area contributed by atoms with Gasteiger partial charge in [-0.2, -0.15) is 0 Å². The molecule has 0 bridgehead atoms. The van der Waals surface area contributed by atoms with Crippen LogP contribution in [0.4, 0.5) is 5.69 Å². The van der Waals surface area contributed by atoms with Crippen LogP contribution in [0.2, 0.25) is 0 Å². The second-order valence-electron chi connectivity index (χ2n) is 4.81. The van der Waals surface area contributed by atoms with E-state index in [1.807, 2.05) is 0 Å². The van der Waals surface area contributed by atoms with E-state index in [-0.39, 0.29) is 17.6 Å². The van der Waals surface area contributed by atoms with E-state index in [1.54, 1.807) is 19.1 Å². The molecule has 0 spiro atoms. The summed E-state index contributed by atoms with van der Waals surface area (Å²) in [6.45, 7) is 2.22. The number of rotatable bonds is 6. The Morgan fingerprint density at radius 1 is 1.53 bits per heavy atom. The number of nitro benzene ring substituents is 1. The lowest BCUT2D eigenvalue weighted by molar-refractivity contribution is -0.384. The predicted molar refractivity (Wildman–Crippen MR) is 70.6 cm³/mol. The van der Waals surface area contributed by atoms with E-state index in [9.17, 15) is 14.9 Å². The van der Waals surface area contributed by atoms with Crippen LogP contribution in [-0.4, -0.2) is 22.9 Å². The fourth-order valence-corrected chi connectivity index (χ4v) is 1.70. The highest BCUT2D eigenvalue weighted by Gasteiger charge is 2.25. The first-order chi connectivity index (χ1) is 9.06. The van der Waals surface area contributed by atoms with Gasteiger partial charge in [0.05, 0.1) is 11.0 Å². The Labute approximate surface area is 111 Å². The van der Waals surface area contributed by atoms with Crippen molar-refractivity contribution in [1.82, 2.24) is 10.6 Å². The number of carbonyl (C=O) groups is 1. The summed E-state index contributed by atoms with van der Waals surface area (Å²) >= 11 is 0. The summed E-state index contributed by atoms with van der Waals surface area (Å²) in [5.74, 6) is -0.0204. The summed E-state index contributed by atoms with van der Waals surface area (Å²) in [6, 6.07) is 6.44. The third-order valence-corrected chi connectivity index (χ3v) is 3.05. The van der Waals surface area contributed by atoms with Gasteiger partial charge in [-0.05, 0) is 25.3 Å². The molecule has 6 nitrogen and oxygen atoms in total. The summed E-state index contributed by atoms with van der Waals surface area (Å²) in [4.78, 5) is 21.9. The molecule has 0 saturated heterocycles. The molecular weight excluding hydrogens is 246 g/mol. The molecule has 0 aliphatic heterocycles. The van der Waals surface area contributed by atoms with Crippen molar-refractivity contribution in [2.75, 3.05) is 0 Å². The second kappa shape index (κ2) is 5.79. The maximum Gasteiger partial charge on any atom is 0.269 e. The molecule has 1 aromatic carbocycles. The summed E-state index contributed by atoms with van der Waals surface area (Å²) < 4.78 is 0. The molecule has 1 saturated carbocycles. The van der Waals surface area contributed by atoms with Crippen molar-refractivity contribution in [1.29, 1.82) is 0 Å². The van der Waals surface area contributed by atoms with Crippen LogP contribution in [0.15, 0.2) is 24.3 Å². The second-order valence-corrected chi connectivity index (χ2v) is 4.81. The van der Waals surface area contributed by atoms with Gasteiger partial charge in [-0.3, -0.25) is 14.9 Å². The SMILES string of the molecule is CC(NCc1cccc([N+](=O)[O-])c1)C(=O)NC1CC1. The van der Waals surface area contributed by atoms with Crippen LogP contribution >= 0.6 is 0 Å². The van der Waals surface area contributed by atoms with E-state index < -0.39 is 4.92 Å². The van der Waals surface area contributed by atoms with Crippen LogP contribution in [0.1, 0.15) is 25.3 Å². The predicted octanol–water partition coefficient (Wildman–Crippen LogP) is 1.35. The van der Waals surface area contributed by atoms with Crippen molar-refractivity contribution in [3.05, 3.63) is 39.9 Å². The standard InChI is InChI=1S/C13H17N3O3/c1-9(13(17)15-11-5-6-11)14-8-10-3-2-4-12(7-10)16(18)19/h2-4,7,9,11,14H,5-6,8H2,1H3,(H,15,17). The van der Waals surface area contributed by atoms with E-state index in [0.29, 0.717) is 12.6 Å².